The third kappa shape index (κ3) is 5.52. The highest BCUT2D eigenvalue weighted by Crippen LogP contribution is 1.97. The van der Waals surface area contributed by atoms with E-state index < -0.39 is 23.8 Å². The SMILES string of the molecule is NC(=O)CC[C@H](NC(=O)CBr)C(=O)O. The smallest absolute Gasteiger partial charge is 0.326 e. The van der Waals surface area contributed by atoms with Crippen LogP contribution in [0.3, 0.4) is 0 Å². The van der Waals surface area contributed by atoms with Crippen molar-refractivity contribution in [1.82, 2.24) is 5.32 Å². The van der Waals surface area contributed by atoms with Crippen LogP contribution in [0.25, 0.3) is 0 Å². The van der Waals surface area contributed by atoms with E-state index in [1.165, 1.54) is 0 Å². The van der Waals surface area contributed by atoms with E-state index in [2.05, 4.69) is 21.2 Å². The van der Waals surface area contributed by atoms with Crippen molar-refractivity contribution in [3.05, 3.63) is 0 Å². The molecule has 0 aliphatic heterocycles. The van der Waals surface area contributed by atoms with E-state index >= 15 is 0 Å². The number of amides is 2. The van der Waals surface area contributed by atoms with E-state index in [9.17, 15) is 14.4 Å². The molecular weight excluding hydrogens is 256 g/mol. The fraction of sp³-hybridized carbons (Fsp3) is 0.571. The van der Waals surface area contributed by atoms with E-state index in [0.717, 1.165) is 0 Å². The number of halogens is 1. The average molecular weight is 267 g/mol. The number of carboxylic acid groups (broad SMARTS) is 1. The van der Waals surface area contributed by atoms with Crippen LogP contribution in [0.1, 0.15) is 12.8 Å². The summed E-state index contributed by atoms with van der Waals surface area (Å²) in [4.78, 5) is 31.8. The Kier molecular flexibility index (Phi) is 5.86. The van der Waals surface area contributed by atoms with Crippen LogP contribution in [-0.4, -0.2) is 34.3 Å². The van der Waals surface area contributed by atoms with Gasteiger partial charge in [-0.15, -0.1) is 0 Å². The maximum absolute atomic E-state index is 10.8. The summed E-state index contributed by atoms with van der Waals surface area (Å²) in [5.41, 5.74) is 4.85. The fourth-order valence-corrected chi connectivity index (χ4v) is 0.939. The van der Waals surface area contributed by atoms with Gasteiger partial charge >= 0.3 is 5.97 Å². The molecule has 4 N–H and O–H groups in total. The molecule has 14 heavy (non-hydrogen) atoms. The number of alkyl halides is 1. The number of hydrogen-bond donors (Lipinski definition) is 3. The number of carbonyl (C=O) groups is 3. The van der Waals surface area contributed by atoms with E-state index in [4.69, 9.17) is 10.8 Å². The Morgan fingerprint density at radius 2 is 2.00 bits per heavy atom. The third-order valence-corrected chi connectivity index (χ3v) is 1.94. The third-order valence-electron chi connectivity index (χ3n) is 1.43. The molecule has 0 saturated heterocycles. The second-order valence-corrected chi connectivity index (χ2v) is 3.16. The van der Waals surface area contributed by atoms with Gasteiger partial charge in [0.05, 0.1) is 5.33 Å². The molecule has 2 amide bonds. The highest BCUT2D eigenvalue weighted by atomic mass is 79.9. The first-order valence-electron chi connectivity index (χ1n) is 3.83. The minimum atomic E-state index is -1.18. The lowest BCUT2D eigenvalue weighted by atomic mass is 10.1. The molecule has 0 aromatic carbocycles. The van der Waals surface area contributed by atoms with Crippen LogP contribution >= 0.6 is 15.9 Å². The maximum Gasteiger partial charge on any atom is 0.326 e. The van der Waals surface area contributed by atoms with Crippen LogP contribution < -0.4 is 11.1 Å². The first kappa shape index (κ1) is 12.9. The van der Waals surface area contributed by atoms with Crippen LogP contribution in [0.2, 0.25) is 0 Å². The van der Waals surface area contributed by atoms with E-state index in [0.29, 0.717) is 0 Å². The molecule has 0 aromatic rings. The monoisotopic (exact) mass is 266 g/mol. The van der Waals surface area contributed by atoms with Gasteiger partial charge in [-0.25, -0.2) is 4.79 Å². The standard InChI is InChI=1S/C7H11BrN2O4/c8-3-6(12)10-4(7(13)14)1-2-5(9)11/h4H,1-3H2,(H2,9,11)(H,10,12)(H,13,14)/t4-/m0/s1. The molecule has 0 aliphatic carbocycles. The number of nitrogens with one attached hydrogen (secondary N) is 1. The summed E-state index contributed by atoms with van der Waals surface area (Å²) in [6, 6.07) is -1.06. The fourth-order valence-electron chi connectivity index (χ4n) is 0.777. The predicted octanol–water partition coefficient (Wildman–Crippen LogP) is -0.784. The molecule has 0 fully saturated rings. The molecule has 0 heterocycles. The number of primary amides is 1. The normalized spacial score (nSPS) is 11.8. The second kappa shape index (κ2) is 6.36. The zero-order valence-electron chi connectivity index (χ0n) is 7.33. The summed E-state index contributed by atoms with van der Waals surface area (Å²) in [6.45, 7) is 0. The molecule has 0 spiro atoms. The largest absolute Gasteiger partial charge is 0.480 e. The molecule has 0 saturated carbocycles. The Bertz CT molecular complexity index is 244. The number of hydrogen-bond acceptors (Lipinski definition) is 3. The van der Waals surface area contributed by atoms with Gasteiger partial charge in [0, 0.05) is 6.42 Å². The van der Waals surface area contributed by atoms with Gasteiger partial charge in [0.1, 0.15) is 6.04 Å². The summed E-state index contributed by atoms with van der Waals surface area (Å²) in [5.74, 6) is -2.22. The van der Waals surface area contributed by atoms with Crippen LogP contribution in [0.5, 0.6) is 0 Å². The predicted molar refractivity (Wildman–Crippen MR) is 51.8 cm³/mol. The van der Waals surface area contributed by atoms with Crippen molar-refractivity contribution in [2.45, 2.75) is 18.9 Å². The lowest BCUT2D eigenvalue weighted by molar-refractivity contribution is -0.141. The molecule has 1 atom stereocenters. The summed E-state index contributed by atoms with van der Waals surface area (Å²) >= 11 is 2.88. The minimum absolute atomic E-state index is 0.00338. The average Bonchev–Trinajstić information content (AvgIpc) is 2.10. The quantitative estimate of drug-likeness (QED) is 0.548. The molecule has 0 radical (unpaired) electrons. The van der Waals surface area contributed by atoms with Crippen molar-refractivity contribution in [2.24, 2.45) is 5.73 Å². The van der Waals surface area contributed by atoms with Gasteiger partial charge in [-0.1, -0.05) is 15.9 Å². The number of rotatable bonds is 6. The van der Waals surface area contributed by atoms with Crippen LogP contribution in [0, 0.1) is 0 Å². The van der Waals surface area contributed by atoms with Gasteiger partial charge < -0.3 is 16.2 Å². The lowest BCUT2D eigenvalue weighted by Gasteiger charge is -2.12. The first-order valence-corrected chi connectivity index (χ1v) is 4.96. The van der Waals surface area contributed by atoms with Gasteiger partial charge in [-0.2, -0.15) is 0 Å². The Morgan fingerprint density at radius 3 is 2.36 bits per heavy atom. The van der Waals surface area contributed by atoms with Crippen molar-refractivity contribution in [1.29, 1.82) is 0 Å². The Morgan fingerprint density at radius 1 is 1.43 bits per heavy atom. The Hall–Kier alpha value is -1.11. The maximum atomic E-state index is 10.8. The first-order chi connectivity index (χ1) is 6.47. The van der Waals surface area contributed by atoms with Crippen molar-refractivity contribution in [2.75, 3.05) is 5.33 Å². The molecule has 7 heteroatoms. The van der Waals surface area contributed by atoms with E-state index in [-0.39, 0.29) is 18.2 Å². The summed E-state index contributed by atoms with van der Waals surface area (Å²) in [7, 11) is 0. The molecule has 0 unspecified atom stereocenters. The zero-order valence-corrected chi connectivity index (χ0v) is 8.91. The van der Waals surface area contributed by atoms with Crippen molar-refractivity contribution >= 4 is 33.7 Å². The summed E-state index contributed by atoms with van der Waals surface area (Å²) < 4.78 is 0. The Labute approximate surface area is 89.0 Å². The second-order valence-electron chi connectivity index (χ2n) is 2.60. The zero-order chi connectivity index (χ0) is 11.1. The Balaban J connectivity index is 4.09. The summed E-state index contributed by atoms with van der Waals surface area (Å²) in [6.07, 6.45) is -0.0665. The lowest BCUT2D eigenvalue weighted by Crippen LogP contribution is -2.41. The van der Waals surface area contributed by atoms with Gasteiger partial charge in [0.2, 0.25) is 11.8 Å². The summed E-state index contributed by atoms with van der Waals surface area (Å²) in [5, 5.41) is 10.9. The number of nitrogens with two attached hydrogens (primary N) is 1. The van der Waals surface area contributed by atoms with Gasteiger partial charge in [-0.3, -0.25) is 9.59 Å². The van der Waals surface area contributed by atoms with Gasteiger partial charge in [0.15, 0.2) is 0 Å². The molecule has 6 nitrogen and oxygen atoms in total. The molecule has 0 aromatic heterocycles. The molecule has 0 bridgehead atoms. The van der Waals surface area contributed by atoms with Crippen LogP contribution in [0.15, 0.2) is 0 Å². The van der Waals surface area contributed by atoms with Crippen molar-refractivity contribution in [3.8, 4) is 0 Å². The molecular formula is C7H11BrN2O4. The van der Waals surface area contributed by atoms with Crippen LogP contribution in [0.4, 0.5) is 0 Å². The number of carboxylic acids is 1. The number of aliphatic carboxylic acids is 1. The minimum Gasteiger partial charge on any atom is -0.480 e. The van der Waals surface area contributed by atoms with Crippen molar-refractivity contribution < 1.29 is 19.5 Å². The number of carbonyl (C=O) groups excluding carboxylic acids is 2. The van der Waals surface area contributed by atoms with E-state index in [1.807, 2.05) is 0 Å². The van der Waals surface area contributed by atoms with E-state index in [1.54, 1.807) is 0 Å². The highest BCUT2D eigenvalue weighted by molar-refractivity contribution is 9.09. The highest BCUT2D eigenvalue weighted by Gasteiger charge is 2.19. The molecule has 0 aliphatic rings. The molecule has 80 valence electrons. The van der Waals surface area contributed by atoms with Crippen molar-refractivity contribution in [3.63, 3.8) is 0 Å². The van der Waals surface area contributed by atoms with Crippen LogP contribution in [-0.2, 0) is 14.4 Å². The topological polar surface area (TPSA) is 109 Å². The molecule has 0 rings (SSSR count). The van der Waals surface area contributed by atoms with Gasteiger partial charge in [-0.05, 0) is 6.42 Å². The van der Waals surface area contributed by atoms with Gasteiger partial charge in [0.25, 0.3) is 0 Å².